The Hall–Kier alpha value is -2.78. The standard InChI is InChI=1S/C27H25ClN2O/c28-21-8-4-5-9-23(21)30-27(31)19-12-13-22-20(15-19)24-17-10-11-18(14-17)25(24)26(29-22)16-6-2-1-3-7-16/h1-9,12-13,15,17-18,24-26,29H,10-11,14H2,(H,30,31)/t17-,18+,24+,25+,26+/m0/s1. The van der Waals surface area contributed by atoms with Crippen molar-refractivity contribution >= 4 is 28.9 Å². The van der Waals surface area contributed by atoms with E-state index < -0.39 is 0 Å². The van der Waals surface area contributed by atoms with Gasteiger partial charge in [-0.2, -0.15) is 0 Å². The summed E-state index contributed by atoms with van der Waals surface area (Å²) in [6, 6.07) is 24.7. The Kier molecular flexibility index (Phi) is 4.53. The fourth-order valence-electron chi connectivity index (χ4n) is 6.37. The van der Waals surface area contributed by atoms with Crippen molar-refractivity contribution in [1.29, 1.82) is 0 Å². The van der Waals surface area contributed by atoms with E-state index in [4.69, 9.17) is 11.6 Å². The number of carbonyl (C=O) groups is 1. The Morgan fingerprint density at radius 1 is 0.935 bits per heavy atom. The van der Waals surface area contributed by atoms with Gasteiger partial charge in [0.2, 0.25) is 0 Å². The lowest BCUT2D eigenvalue weighted by molar-refractivity contribution is 0.102. The fraction of sp³-hybridized carbons (Fsp3) is 0.296. The van der Waals surface area contributed by atoms with Crippen molar-refractivity contribution in [2.45, 2.75) is 31.2 Å². The number of fused-ring (bicyclic) bond motifs is 7. The summed E-state index contributed by atoms with van der Waals surface area (Å²) in [6.07, 6.45) is 3.96. The molecule has 3 nitrogen and oxygen atoms in total. The van der Waals surface area contributed by atoms with E-state index in [1.807, 2.05) is 24.3 Å². The highest BCUT2D eigenvalue weighted by Gasteiger charge is 2.53. The molecule has 4 heteroatoms. The maximum atomic E-state index is 13.0. The van der Waals surface area contributed by atoms with Gasteiger partial charge in [0.1, 0.15) is 0 Å². The van der Waals surface area contributed by atoms with Crippen LogP contribution in [0.1, 0.15) is 52.7 Å². The third kappa shape index (κ3) is 3.14. The lowest BCUT2D eigenvalue weighted by Gasteiger charge is -2.43. The summed E-state index contributed by atoms with van der Waals surface area (Å²) in [5, 5.41) is 7.36. The number of anilines is 2. The zero-order valence-electron chi connectivity index (χ0n) is 17.2. The summed E-state index contributed by atoms with van der Waals surface area (Å²) in [5.74, 6) is 2.50. The van der Waals surface area contributed by atoms with Crippen LogP contribution in [0.25, 0.3) is 0 Å². The van der Waals surface area contributed by atoms with Crippen molar-refractivity contribution in [2.75, 3.05) is 10.6 Å². The van der Waals surface area contributed by atoms with Crippen molar-refractivity contribution in [3.05, 3.63) is 94.5 Å². The topological polar surface area (TPSA) is 41.1 Å². The van der Waals surface area contributed by atoms with E-state index in [9.17, 15) is 4.79 Å². The lowest BCUT2D eigenvalue weighted by Crippen LogP contribution is -2.35. The maximum absolute atomic E-state index is 13.0. The van der Waals surface area contributed by atoms with Gasteiger partial charge in [0.05, 0.1) is 16.8 Å². The van der Waals surface area contributed by atoms with E-state index in [0.717, 1.165) is 11.8 Å². The molecule has 1 aliphatic heterocycles. The molecule has 1 amide bonds. The molecular formula is C27H25ClN2O. The normalized spacial score (nSPS) is 27.8. The van der Waals surface area contributed by atoms with E-state index in [1.54, 1.807) is 6.07 Å². The largest absolute Gasteiger partial charge is 0.378 e. The molecule has 5 atom stereocenters. The molecule has 3 aromatic rings. The Morgan fingerprint density at radius 3 is 2.55 bits per heavy atom. The number of carbonyl (C=O) groups excluding carboxylic acids is 1. The summed E-state index contributed by atoms with van der Waals surface area (Å²) >= 11 is 6.24. The summed E-state index contributed by atoms with van der Waals surface area (Å²) in [7, 11) is 0. The maximum Gasteiger partial charge on any atom is 0.255 e. The molecule has 2 aliphatic carbocycles. The van der Waals surface area contributed by atoms with Crippen molar-refractivity contribution in [3.8, 4) is 0 Å². The average Bonchev–Trinajstić information content (AvgIpc) is 3.43. The van der Waals surface area contributed by atoms with Crippen LogP contribution in [0.4, 0.5) is 11.4 Å². The number of benzene rings is 3. The first kappa shape index (κ1) is 18.9. The third-order valence-corrected chi connectivity index (χ3v) is 7.96. The van der Waals surface area contributed by atoms with Gasteiger partial charge in [-0.25, -0.2) is 0 Å². The van der Waals surface area contributed by atoms with Crippen LogP contribution in [-0.2, 0) is 0 Å². The molecule has 0 aromatic heterocycles. The predicted molar refractivity (Wildman–Crippen MR) is 126 cm³/mol. The molecule has 0 unspecified atom stereocenters. The first-order valence-corrected chi connectivity index (χ1v) is 11.6. The molecular weight excluding hydrogens is 404 g/mol. The molecule has 156 valence electrons. The number of hydrogen-bond acceptors (Lipinski definition) is 2. The Balaban J connectivity index is 1.36. The van der Waals surface area contributed by atoms with Gasteiger partial charge in [-0.1, -0.05) is 54.1 Å². The number of para-hydroxylation sites is 1. The minimum atomic E-state index is -0.110. The number of rotatable bonds is 3. The minimum absolute atomic E-state index is 0.110. The molecule has 0 radical (unpaired) electrons. The molecule has 3 aliphatic rings. The fourth-order valence-corrected chi connectivity index (χ4v) is 6.56. The van der Waals surface area contributed by atoms with Crippen LogP contribution in [0, 0.1) is 17.8 Å². The van der Waals surface area contributed by atoms with Crippen LogP contribution < -0.4 is 10.6 Å². The van der Waals surface area contributed by atoms with Crippen molar-refractivity contribution in [3.63, 3.8) is 0 Å². The van der Waals surface area contributed by atoms with Crippen LogP contribution in [-0.4, -0.2) is 5.91 Å². The molecule has 2 bridgehead atoms. The van der Waals surface area contributed by atoms with Gasteiger partial charge in [0.25, 0.3) is 5.91 Å². The summed E-state index contributed by atoms with van der Waals surface area (Å²) in [5.41, 5.74) is 5.21. The number of halogens is 1. The van der Waals surface area contributed by atoms with E-state index in [1.165, 1.54) is 36.1 Å². The van der Waals surface area contributed by atoms with Crippen LogP contribution in [0.3, 0.4) is 0 Å². The number of nitrogens with one attached hydrogen (secondary N) is 2. The zero-order chi connectivity index (χ0) is 20.9. The van der Waals surface area contributed by atoms with Gasteiger partial charge in [-0.15, -0.1) is 0 Å². The Bertz CT molecular complexity index is 1140. The van der Waals surface area contributed by atoms with Gasteiger partial charge in [-0.3, -0.25) is 4.79 Å². The minimum Gasteiger partial charge on any atom is -0.378 e. The molecule has 1 heterocycles. The molecule has 0 spiro atoms. The number of amides is 1. The second-order valence-corrected chi connectivity index (χ2v) is 9.61. The summed E-state index contributed by atoms with van der Waals surface area (Å²) in [6.45, 7) is 0. The quantitative estimate of drug-likeness (QED) is 0.477. The van der Waals surface area contributed by atoms with E-state index in [2.05, 4.69) is 53.1 Å². The van der Waals surface area contributed by atoms with E-state index in [-0.39, 0.29) is 5.91 Å². The monoisotopic (exact) mass is 428 g/mol. The first-order valence-electron chi connectivity index (χ1n) is 11.2. The molecule has 6 rings (SSSR count). The molecule has 3 aromatic carbocycles. The average molecular weight is 429 g/mol. The van der Waals surface area contributed by atoms with E-state index in [0.29, 0.717) is 34.2 Å². The summed E-state index contributed by atoms with van der Waals surface area (Å²) < 4.78 is 0. The van der Waals surface area contributed by atoms with Gasteiger partial charge < -0.3 is 10.6 Å². The van der Waals surface area contributed by atoms with Crippen LogP contribution in [0.2, 0.25) is 5.02 Å². The van der Waals surface area contributed by atoms with Gasteiger partial charge in [0, 0.05) is 11.3 Å². The summed E-state index contributed by atoms with van der Waals surface area (Å²) in [4.78, 5) is 13.0. The van der Waals surface area contributed by atoms with Crippen LogP contribution >= 0.6 is 11.6 Å². The molecule has 2 fully saturated rings. The smallest absolute Gasteiger partial charge is 0.255 e. The Morgan fingerprint density at radius 2 is 1.71 bits per heavy atom. The highest BCUT2D eigenvalue weighted by molar-refractivity contribution is 6.33. The predicted octanol–water partition coefficient (Wildman–Crippen LogP) is 6.89. The second-order valence-electron chi connectivity index (χ2n) is 9.21. The first-order chi connectivity index (χ1) is 15.2. The molecule has 2 saturated carbocycles. The SMILES string of the molecule is O=C(Nc1ccccc1Cl)c1ccc2c(c1)[C@H]1[C@H]3CC[C@H](C3)[C@H]1[C@@H](c1ccccc1)N2. The Labute approximate surface area is 187 Å². The number of hydrogen-bond donors (Lipinski definition) is 2. The highest BCUT2D eigenvalue weighted by Crippen LogP contribution is 2.63. The van der Waals surface area contributed by atoms with Crippen molar-refractivity contribution in [1.82, 2.24) is 0 Å². The van der Waals surface area contributed by atoms with Crippen molar-refractivity contribution < 1.29 is 4.79 Å². The van der Waals surface area contributed by atoms with Crippen LogP contribution in [0.15, 0.2) is 72.8 Å². The van der Waals surface area contributed by atoms with Gasteiger partial charge in [-0.05, 0) is 84.4 Å². The zero-order valence-corrected chi connectivity index (χ0v) is 18.0. The van der Waals surface area contributed by atoms with E-state index >= 15 is 0 Å². The third-order valence-electron chi connectivity index (χ3n) is 7.63. The molecule has 2 N–H and O–H groups in total. The highest BCUT2D eigenvalue weighted by atomic mass is 35.5. The molecule has 31 heavy (non-hydrogen) atoms. The van der Waals surface area contributed by atoms with Gasteiger partial charge >= 0.3 is 0 Å². The molecule has 0 saturated heterocycles. The lowest BCUT2D eigenvalue weighted by atomic mass is 9.68. The van der Waals surface area contributed by atoms with Gasteiger partial charge in [0.15, 0.2) is 0 Å². The van der Waals surface area contributed by atoms with Crippen LogP contribution in [0.5, 0.6) is 0 Å². The van der Waals surface area contributed by atoms with Crippen molar-refractivity contribution in [2.24, 2.45) is 17.8 Å². The second kappa shape index (κ2) is 7.42.